The number of carboxylic acids is 1. The number of carbonyl (C=O) groups excluding carboxylic acids is 1. The van der Waals surface area contributed by atoms with Crippen LogP contribution in [0.2, 0.25) is 0 Å². The second-order valence-corrected chi connectivity index (χ2v) is 8.89. The first kappa shape index (κ1) is 24.7. The second kappa shape index (κ2) is 11.3. The minimum atomic E-state index is -1.02. The van der Waals surface area contributed by atoms with Crippen molar-refractivity contribution in [3.05, 3.63) is 119 Å². The van der Waals surface area contributed by atoms with Crippen LogP contribution in [0, 0.1) is 0 Å². The summed E-state index contributed by atoms with van der Waals surface area (Å²) < 4.78 is 6.06. The summed E-state index contributed by atoms with van der Waals surface area (Å²) in [5.74, 6) is 0.0395. The maximum absolute atomic E-state index is 11.3. The van der Waals surface area contributed by atoms with E-state index in [1.54, 1.807) is 18.2 Å². The number of aliphatic carboxylic acids is 1. The molecule has 0 spiro atoms. The molecule has 1 N–H and O–H groups in total. The molecule has 0 aromatic heterocycles. The Balaban J connectivity index is 1.73. The molecule has 0 aliphatic carbocycles. The number of hydrogen-bond acceptors (Lipinski definition) is 3. The Labute approximate surface area is 211 Å². The summed E-state index contributed by atoms with van der Waals surface area (Å²) in [6.45, 7) is 4.78. The topological polar surface area (TPSA) is 63.6 Å². The van der Waals surface area contributed by atoms with E-state index in [4.69, 9.17) is 4.74 Å². The van der Waals surface area contributed by atoms with Gasteiger partial charge in [0.2, 0.25) is 0 Å². The summed E-state index contributed by atoms with van der Waals surface area (Å²) in [6, 6.07) is 29.5. The number of rotatable bonds is 9. The van der Waals surface area contributed by atoms with E-state index in [1.165, 1.54) is 0 Å². The quantitative estimate of drug-likeness (QED) is 0.199. The van der Waals surface area contributed by atoms with Crippen LogP contribution >= 0.6 is 0 Å². The summed E-state index contributed by atoms with van der Waals surface area (Å²) in [5, 5.41) is 9.24. The van der Waals surface area contributed by atoms with Crippen molar-refractivity contribution >= 4 is 18.3 Å². The first-order valence-corrected chi connectivity index (χ1v) is 11.9. The van der Waals surface area contributed by atoms with Gasteiger partial charge in [-0.25, -0.2) is 4.79 Å². The van der Waals surface area contributed by atoms with E-state index in [1.807, 2.05) is 66.7 Å². The third-order valence-corrected chi connectivity index (χ3v) is 6.00. The minimum Gasteiger partial charge on any atom is -0.489 e. The molecule has 0 amide bonds. The second-order valence-electron chi connectivity index (χ2n) is 8.89. The van der Waals surface area contributed by atoms with Gasteiger partial charge in [0.15, 0.2) is 0 Å². The van der Waals surface area contributed by atoms with Crippen LogP contribution in [0.5, 0.6) is 5.75 Å². The highest BCUT2D eigenvalue weighted by molar-refractivity contribution is 5.90. The Morgan fingerprint density at radius 2 is 1.61 bits per heavy atom. The highest BCUT2D eigenvalue weighted by atomic mass is 16.5. The molecule has 0 bridgehead atoms. The lowest BCUT2D eigenvalue weighted by Crippen LogP contribution is -1.98. The predicted octanol–water partition coefficient (Wildman–Crippen LogP) is 7.63. The largest absolute Gasteiger partial charge is 0.489 e. The van der Waals surface area contributed by atoms with Crippen LogP contribution in [-0.4, -0.2) is 17.4 Å². The molecule has 0 atom stereocenters. The fourth-order valence-corrected chi connectivity index (χ4v) is 4.18. The van der Waals surface area contributed by atoms with Crippen molar-refractivity contribution in [3.63, 3.8) is 0 Å². The van der Waals surface area contributed by atoms with E-state index in [0.29, 0.717) is 12.2 Å². The third kappa shape index (κ3) is 5.97. The number of aldehydes is 1. The molecule has 0 fully saturated rings. The molecule has 0 aliphatic rings. The lowest BCUT2D eigenvalue weighted by molar-refractivity contribution is -0.131. The lowest BCUT2D eigenvalue weighted by atomic mass is 9.89. The Morgan fingerprint density at radius 1 is 0.861 bits per heavy atom. The van der Waals surface area contributed by atoms with E-state index in [9.17, 15) is 14.7 Å². The van der Waals surface area contributed by atoms with Gasteiger partial charge in [0.05, 0.1) is 0 Å². The molecule has 36 heavy (non-hydrogen) atoms. The van der Waals surface area contributed by atoms with Crippen molar-refractivity contribution in [1.82, 2.24) is 0 Å². The zero-order valence-electron chi connectivity index (χ0n) is 20.3. The zero-order chi connectivity index (χ0) is 25.5. The van der Waals surface area contributed by atoms with E-state index in [0.717, 1.165) is 57.1 Å². The highest BCUT2D eigenvalue weighted by Gasteiger charge is 2.13. The number of benzene rings is 4. The van der Waals surface area contributed by atoms with Crippen LogP contribution in [0.3, 0.4) is 0 Å². The average molecular weight is 477 g/mol. The summed E-state index contributed by atoms with van der Waals surface area (Å²) in [4.78, 5) is 22.6. The number of ether oxygens (including phenoxy) is 1. The molecular weight excluding hydrogens is 448 g/mol. The fourth-order valence-electron chi connectivity index (χ4n) is 4.18. The van der Waals surface area contributed by atoms with Gasteiger partial charge in [-0.3, -0.25) is 4.79 Å². The standard InChI is InChI=1S/C32H28O4/c1-22(2)31-19-28(36-21-23-7-4-3-5-8-23)13-15-30(31)27-11-14-29(26(18-27)12-16-32(34)35)25-10-6-9-24(17-25)20-33/h3-20,22H,21H2,1-2H3,(H,34,35)/b16-12+. The van der Waals surface area contributed by atoms with Crippen molar-refractivity contribution < 1.29 is 19.4 Å². The normalized spacial score (nSPS) is 11.1. The molecule has 4 heteroatoms. The Morgan fingerprint density at radius 3 is 2.33 bits per heavy atom. The van der Waals surface area contributed by atoms with Crippen LogP contribution in [0.15, 0.2) is 97.1 Å². The van der Waals surface area contributed by atoms with Crippen LogP contribution in [0.25, 0.3) is 28.3 Å². The summed E-state index contributed by atoms with van der Waals surface area (Å²) in [5.41, 5.74) is 7.33. The van der Waals surface area contributed by atoms with E-state index < -0.39 is 5.97 Å². The zero-order valence-corrected chi connectivity index (χ0v) is 20.3. The summed E-state index contributed by atoms with van der Waals surface area (Å²) >= 11 is 0. The molecule has 0 saturated heterocycles. The van der Waals surface area contributed by atoms with Gasteiger partial charge in [0, 0.05) is 11.6 Å². The molecule has 4 nitrogen and oxygen atoms in total. The average Bonchev–Trinajstić information content (AvgIpc) is 2.91. The van der Waals surface area contributed by atoms with Gasteiger partial charge >= 0.3 is 5.97 Å². The molecule has 180 valence electrons. The summed E-state index contributed by atoms with van der Waals surface area (Å²) in [7, 11) is 0. The third-order valence-electron chi connectivity index (χ3n) is 6.00. The van der Waals surface area contributed by atoms with Crippen molar-refractivity contribution in [2.75, 3.05) is 0 Å². The lowest BCUT2D eigenvalue weighted by Gasteiger charge is -2.17. The fraction of sp³-hybridized carbons (Fsp3) is 0.125. The number of carbonyl (C=O) groups is 2. The van der Waals surface area contributed by atoms with Crippen LogP contribution in [-0.2, 0) is 11.4 Å². The molecule has 4 aromatic carbocycles. The van der Waals surface area contributed by atoms with Crippen LogP contribution < -0.4 is 4.74 Å². The van der Waals surface area contributed by atoms with Crippen molar-refractivity contribution in [2.45, 2.75) is 26.4 Å². The van der Waals surface area contributed by atoms with Gasteiger partial charge in [-0.2, -0.15) is 0 Å². The Hall–Kier alpha value is -4.44. The Bertz CT molecular complexity index is 1400. The predicted molar refractivity (Wildman–Crippen MR) is 144 cm³/mol. The molecule has 0 aliphatic heterocycles. The monoisotopic (exact) mass is 476 g/mol. The van der Waals surface area contributed by atoms with Gasteiger partial charge in [0.1, 0.15) is 18.6 Å². The molecule has 0 saturated carbocycles. The molecular formula is C32H28O4. The first-order chi connectivity index (χ1) is 17.4. The SMILES string of the molecule is CC(C)c1cc(OCc2ccccc2)ccc1-c1ccc(-c2cccc(C=O)c2)c(/C=C/C(=O)O)c1. The highest BCUT2D eigenvalue weighted by Crippen LogP contribution is 2.36. The van der Waals surface area contributed by atoms with Crippen LogP contribution in [0.1, 0.15) is 46.8 Å². The minimum absolute atomic E-state index is 0.252. The maximum atomic E-state index is 11.3. The van der Waals surface area contributed by atoms with Gasteiger partial charge in [-0.05, 0) is 75.2 Å². The molecule has 4 aromatic rings. The molecule has 0 radical (unpaired) electrons. The number of hydrogen-bond donors (Lipinski definition) is 1. The summed E-state index contributed by atoms with van der Waals surface area (Å²) in [6.07, 6.45) is 3.54. The van der Waals surface area contributed by atoms with Crippen molar-refractivity contribution in [3.8, 4) is 28.0 Å². The van der Waals surface area contributed by atoms with Crippen molar-refractivity contribution in [2.24, 2.45) is 0 Å². The van der Waals surface area contributed by atoms with E-state index in [2.05, 4.69) is 26.0 Å². The smallest absolute Gasteiger partial charge is 0.328 e. The molecule has 0 heterocycles. The van der Waals surface area contributed by atoms with Gasteiger partial charge < -0.3 is 9.84 Å². The van der Waals surface area contributed by atoms with Gasteiger partial charge in [-0.15, -0.1) is 0 Å². The molecule has 0 unspecified atom stereocenters. The number of carboxylic acid groups (broad SMARTS) is 1. The van der Waals surface area contributed by atoms with Crippen LogP contribution in [0.4, 0.5) is 0 Å². The Kier molecular flexibility index (Phi) is 7.76. The van der Waals surface area contributed by atoms with Gasteiger partial charge in [-0.1, -0.05) is 80.6 Å². The maximum Gasteiger partial charge on any atom is 0.328 e. The van der Waals surface area contributed by atoms with Gasteiger partial charge in [0.25, 0.3) is 0 Å². The molecule has 4 rings (SSSR count). The van der Waals surface area contributed by atoms with E-state index >= 15 is 0 Å². The van der Waals surface area contributed by atoms with Crippen molar-refractivity contribution in [1.29, 1.82) is 0 Å². The van der Waals surface area contributed by atoms with E-state index in [-0.39, 0.29) is 5.92 Å². The first-order valence-electron chi connectivity index (χ1n) is 11.9.